The number of pyridine rings is 1. The van der Waals surface area contributed by atoms with Gasteiger partial charge in [0, 0.05) is 44.1 Å². The van der Waals surface area contributed by atoms with Crippen LogP contribution in [0.5, 0.6) is 0 Å². The van der Waals surface area contributed by atoms with Crippen LogP contribution < -0.4 is 4.90 Å². The van der Waals surface area contributed by atoms with Crippen molar-refractivity contribution in [3.8, 4) is 11.3 Å². The summed E-state index contributed by atoms with van der Waals surface area (Å²) in [5.41, 5.74) is 2.08. The number of nitrogens with one attached hydrogen (secondary N) is 1. The van der Waals surface area contributed by atoms with Crippen LogP contribution in [0.25, 0.3) is 11.3 Å². The van der Waals surface area contributed by atoms with E-state index in [1.807, 2.05) is 12.3 Å². The summed E-state index contributed by atoms with van der Waals surface area (Å²) in [7, 11) is 2.16. The standard InChI is InChI=1S/C13H17N5/c1-17-6-8-18(9-7-17)13-3-2-11(10-14-13)12-4-5-15-16-12/h2-5,10H,6-9H2,1H3,(H,15,16). The Balaban J connectivity index is 1.75. The van der Waals surface area contributed by atoms with E-state index in [1.54, 1.807) is 6.20 Å². The van der Waals surface area contributed by atoms with Crippen molar-refractivity contribution >= 4 is 5.82 Å². The number of H-pyrrole nitrogens is 1. The summed E-state index contributed by atoms with van der Waals surface area (Å²) in [6.07, 6.45) is 3.66. The molecule has 1 saturated heterocycles. The van der Waals surface area contributed by atoms with Gasteiger partial charge in [-0.25, -0.2) is 4.98 Å². The molecule has 0 bridgehead atoms. The highest BCUT2D eigenvalue weighted by Crippen LogP contribution is 2.19. The second kappa shape index (κ2) is 4.78. The van der Waals surface area contributed by atoms with Gasteiger partial charge in [0.25, 0.3) is 0 Å². The van der Waals surface area contributed by atoms with Gasteiger partial charge in [-0.3, -0.25) is 5.10 Å². The van der Waals surface area contributed by atoms with Crippen LogP contribution in [0.1, 0.15) is 0 Å². The fourth-order valence-electron chi connectivity index (χ4n) is 2.18. The molecule has 2 aromatic rings. The average molecular weight is 243 g/mol. The number of hydrogen-bond acceptors (Lipinski definition) is 4. The van der Waals surface area contributed by atoms with Gasteiger partial charge < -0.3 is 9.80 Å². The fraction of sp³-hybridized carbons (Fsp3) is 0.385. The van der Waals surface area contributed by atoms with E-state index in [0.29, 0.717) is 0 Å². The predicted molar refractivity (Wildman–Crippen MR) is 71.5 cm³/mol. The Morgan fingerprint density at radius 2 is 1.94 bits per heavy atom. The molecule has 94 valence electrons. The zero-order valence-corrected chi connectivity index (χ0v) is 10.5. The second-order valence-corrected chi connectivity index (χ2v) is 4.67. The number of hydrogen-bond donors (Lipinski definition) is 1. The highest BCUT2D eigenvalue weighted by Gasteiger charge is 2.15. The van der Waals surface area contributed by atoms with E-state index in [1.165, 1.54) is 0 Å². The van der Waals surface area contributed by atoms with Crippen molar-refractivity contribution in [1.82, 2.24) is 20.1 Å². The third kappa shape index (κ3) is 2.22. The Morgan fingerprint density at radius 3 is 2.56 bits per heavy atom. The molecule has 18 heavy (non-hydrogen) atoms. The molecule has 1 N–H and O–H groups in total. The zero-order chi connectivity index (χ0) is 12.4. The van der Waals surface area contributed by atoms with Crippen LogP contribution >= 0.6 is 0 Å². The average Bonchev–Trinajstić information content (AvgIpc) is 2.94. The molecule has 1 aliphatic rings. The third-order valence-corrected chi connectivity index (χ3v) is 3.39. The van der Waals surface area contributed by atoms with Crippen molar-refractivity contribution in [3.63, 3.8) is 0 Å². The molecule has 5 heteroatoms. The Labute approximate surface area is 106 Å². The van der Waals surface area contributed by atoms with Crippen LogP contribution in [-0.2, 0) is 0 Å². The monoisotopic (exact) mass is 243 g/mol. The van der Waals surface area contributed by atoms with Crippen LogP contribution in [0, 0.1) is 0 Å². The minimum absolute atomic E-state index is 1.01. The Hall–Kier alpha value is -1.88. The summed E-state index contributed by atoms with van der Waals surface area (Å²) in [5.74, 6) is 1.06. The zero-order valence-electron chi connectivity index (χ0n) is 10.5. The van der Waals surface area contributed by atoms with E-state index in [9.17, 15) is 0 Å². The number of rotatable bonds is 2. The van der Waals surface area contributed by atoms with E-state index in [-0.39, 0.29) is 0 Å². The minimum Gasteiger partial charge on any atom is -0.354 e. The van der Waals surface area contributed by atoms with Crippen LogP contribution in [0.2, 0.25) is 0 Å². The summed E-state index contributed by atoms with van der Waals surface area (Å²) < 4.78 is 0. The van der Waals surface area contributed by atoms with Gasteiger partial charge >= 0.3 is 0 Å². The lowest BCUT2D eigenvalue weighted by Gasteiger charge is -2.33. The number of likely N-dealkylation sites (N-methyl/N-ethyl adjacent to an activating group) is 1. The van der Waals surface area contributed by atoms with Crippen LogP contribution in [0.4, 0.5) is 5.82 Å². The van der Waals surface area contributed by atoms with Crippen molar-refractivity contribution in [3.05, 3.63) is 30.6 Å². The van der Waals surface area contributed by atoms with Crippen molar-refractivity contribution < 1.29 is 0 Å². The molecule has 1 fully saturated rings. The van der Waals surface area contributed by atoms with Crippen LogP contribution in [0.3, 0.4) is 0 Å². The summed E-state index contributed by atoms with van der Waals surface area (Å²) in [4.78, 5) is 9.22. The maximum absolute atomic E-state index is 4.54. The van der Waals surface area contributed by atoms with Gasteiger partial charge in [-0.1, -0.05) is 0 Å². The van der Waals surface area contributed by atoms with E-state index < -0.39 is 0 Å². The maximum atomic E-state index is 4.54. The lowest BCUT2D eigenvalue weighted by molar-refractivity contribution is 0.312. The second-order valence-electron chi connectivity index (χ2n) is 4.67. The van der Waals surface area contributed by atoms with E-state index in [0.717, 1.165) is 43.3 Å². The van der Waals surface area contributed by atoms with E-state index >= 15 is 0 Å². The number of nitrogens with zero attached hydrogens (tertiary/aromatic N) is 4. The lowest BCUT2D eigenvalue weighted by atomic mass is 10.2. The van der Waals surface area contributed by atoms with Gasteiger partial charge in [0.2, 0.25) is 0 Å². The lowest BCUT2D eigenvalue weighted by Crippen LogP contribution is -2.44. The van der Waals surface area contributed by atoms with Crippen molar-refractivity contribution in [2.24, 2.45) is 0 Å². The van der Waals surface area contributed by atoms with Crippen LogP contribution in [0.15, 0.2) is 30.6 Å². The summed E-state index contributed by atoms with van der Waals surface area (Å²) in [5, 5.41) is 6.90. The molecule has 0 saturated carbocycles. The molecule has 0 unspecified atom stereocenters. The first-order chi connectivity index (χ1) is 8.83. The van der Waals surface area contributed by atoms with Crippen LogP contribution in [-0.4, -0.2) is 53.3 Å². The van der Waals surface area contributed by atoms with Crippen molar-refractivity contribution in [1.29, 1.82) is 0 Å². The van der Waals surface area contributed by atoms with Gasteiger partial charge in [-0.2, -0.15) is 5.10 Å². The number of aromatic amines is 1. The third-order valence-electron chi connectivity index (χ3n) is 3.39. The first-order valence-electron chi connectivity index (χ1n) is 6.22. The van der Waals surface area contributed by atoms with Gasteiger partial charge in [0.05, 0.1) is 5.69 Å². The molecule has 0 aromatic carbocycles. The summed E-state index contributed by atoms with van der Waals surface area (Å²) in [6.45, 7) is 4.30. The highest BCUT2D eigenvalue weighted by molar-refractivity contribution is 5.59. The summed E-state index contributed by atoms with van der Waals surface area (Å²) >= 11 is 0. The topological polar surface area (TPSA) is 48.0 Å². The number of aromatic nitrogens is 3. The molecule has 0 atom stereocenters. The Kier molecular flexibility index (Phi) is 2.98. The van der Waals surface area contributed by atoms with Gasteiger partial charge in [0.15, 0.2) is 0 Å². The van der Waals surface area contributed by atoms with Crippen molar-refractivity contribution in [2.45, 2.75) is 0 Å². The molecule has 1 aliphatic heterocycles. The van der Waals surface area contributed by atoms with E-state index in [2.05, 4.69) is 44.2 Å². The minimum atomic E-state index is 1.01. The van der Waals surface area contributed by atoms with E-state index in [4.69, 9.17) is 0 Å². The molecule has 0 spiro atoms. The normalized spacial score (nSPS) is 17.1. The quantitative estimate of drug-likeness (QED) is 0.861. The first-order valence-corrected chi connectivity index (χ1v) is 6.22. The molecule has 3 rings (SSSR count). The SMILES string of the molecule is CN1CCN(c2ccc(-c3ccn[nH]3)cn2)CC1. The van der Waals surface area contributed by atoms with Gasteiger partial charge in [-0.15, -0.1) is 0 Å². The van der Waals surface area contributed by atoms with Gasteiger partial charge in [-0.05, 0) is 25.2 Å². The maximum Gasteiger partial charge on any atom is 0.128 e. The first kappa shape index (κ1) is 11.2. The number of piperazine rings is 1. The molecule has 0 radical (unpaired) electrons. The Bertz CT molecular complexity index is 483. The molecule has 0 amide bonds. The highest BCUT2D eigenvalue weighted by atomic mass is 15.3. The Morgan fingerprint density at radius 1 is 1.11 bits per heavy atom. The molecule has 0 aliphatic carbocycles. The molecule has 3 heterocycles. The molecule has 5 nitrogen and oxygen atoms in total. The van der Waals surface area contributed by atoms with Crippen molar-refractivity contribution in [2.75, 3.05) is 38.1 Å². The van der Waals surface area contributed by atoms with Gasteiger partial charge in [0.1, 0.15) is 5.82 Å². The smallest absolute Gasteiger partial charge is 0.128 e. The number of anilines is 1. The fourth-order valence-corrected chi connectivity index (χ4v) is 2.18. The largest absolute Gasteiger partial charge is 0.354 e. The summed E-state index contributed by atoms with van der Waals surface area (Å²) in [6, 6.07) is 6.13. The molecular formula is C13H17N5. The molecule has 2 aromatic heterocycles. The molecular weight excluding hydrogens is 226 g/mol. The predicted octanol–water partition coefficient (Wildman–Crippen LogP) is 1.22.